The summed E-state index contributed by atoms with van der Waals surface area (Å²) in [6, 6.07) is 16.0. The Morgan fingerprint density at radius 1 is 1.05 bits per heavy atom. The van der Waals surface area contributed by atoms with Gasteiger partial charge in [-0.15, -0.1) is 0 Å². The highest BCUT2D eigenvalue weighted by Gasteiger charge is 2.12. The second-order valence-corrected chi connectivity index (χ2v) is 4.53. The molecule has 1 aromatic heterocycles. The van der Waals surface area contributed by atoms with Crippen LogP contribution in [-0.4, -0.2) is 9.97 Å². The molecule has 0 amide bonds. The van der Waals surface area contributed by atoms with Gasteiger partial charge in [-0.2, -0.15) is 5.26 Å². The van der Waals surface area contributed by atoms with Crippen molar-refractivity contribution in [2.24, 2.45) is 0 Å². The molecule has 0 atom stereocenters. The highest BCUT2D eigenvalue weighted by molar-refractivity contribution is 5.95. The van der Waals surface area contributed by atoms with Gasteiger partial charge in [0.05, 0.1) is 5.69 Å². The number of nitrogen functional groups attached to an aromatic ring is 1. The van der Waals surface area contributed by atoms with E-state index in [0.717, 1.165) is 16.3 Å². The van der Waals surface area contributed by atoms with Crippen LogP contribution in [0.3, 0.4) is 0 Å². The molecule has 4 heteroatoms. The fraction of sp³-hybridized carbons (Fsp3) is 0.0625. The molecule has 3 aromatic rings. The van der Waals surface area contributed by atoms with Crippen LogP contribution in [0, 0.1) is 18.3 Å². The van der Waals surface area contributed by atoms with Crippen molar-refractivity contribution in [1.82, 2.24) is 9.97 Å². The van der Waals surface area contributed by atoms with E-state index in [9.17, 15) is 0 Å². The van der Waals surface area contributed by atoms with Crippen molar-refractivity contribution >= 4 is 16.6 Å². The van der Waals surface area contributed by atoms with Crippen LogP contribution in [0.5, 0.6) is 0 Å². The van der Waals surface area contributed by atoms with E-state index >= 15 is 0 Å². The molecule has 0 radical (unpaired) electrons. The molecular weight excluding hydrogens is 248 g/mol. The fourth-order valence-corrected chi connectivity index (χ4v) is 2.27. The summed E-state index contributed by atoms with van der Waals surface area (Å²) in [5.74, 6) is 0.777. The van der Waals surface area contributed by atoms with Crippen LogP contribution in [0.1, 0.15) is 11.3 Å². The Morgan fingerprint density at radius 2 is 1.80 bits per heavy atom. The third kappa shape index (κ3) is 1.86. The Balaban J connectivity index is 2.30. The molecular formula is C16H12N4. The minimum atomic E-state index is 0.225. The molecule has 0 aliphatic carbocycles. The van der Waals surface area contributed by atoms with Crippen molar-refractivity contribution in [3.63, 3.8) is 0 Å². The number of hydrogen-bond acceptors (Lipinski definition) is 4. The summed E-state index contributed by atoms with van der Waals surface area (Å²) in [5.41, 5.74) is 7.70. The molecule has 0 aliphatic heterocycles. The fourth-order valence-electron chi connectivity index (χ4n) is 2.27. The summed E-state index contributed by atoms with van der Waals surface area (Å²) in [7, 11) is 0. The first kappa shape index (κ1) is 12.1. The number of hydrogen-bond donors (Lipinski definition) is 1. The summed E-state index contributed by atoms with van der Waals surface area (Å²) < 4.78 is 0. The maximum atomic E-state index is 9.02. The maximum absolute atomic E-state index is 9.02. The largest absolute Gasteiger partial charge is 0.382 e. The van der Waals surface area contributed by atoms with Gasteiger partial charge in [0.1, 0.15) is 17.5 Å². The van der Waals surface area contributed by atoms with E-state index in [1.165, 1.54) is 0 Å². The SMILES string of the molecule is Cc1nc(-c2cccc3ccccc23)nc(N)c1C#N. The zero-order chi connectivity index (χ0) is 14.1. The van der Waals surface area contributed by atoms with Gasteiger partial charge in [0.15, 0.2) is 5.82 Å². The van der Waals surface area contributed by atoms with E-state index < -0.39 is 0 Å². The van der Waals surface area contributed by atoms with Crippen LogP contribution in [0.4, 0.5) is 5.82 Å². The van der Waals surface area contributed by atoms with Crippen molar-refractivity contribution in [2.75, 3.05) is 5.73 Å². The third-order valence-corrected chi connectivity index (χ3v) is 3.26. The molecule has 20 heavy (non-hydrogen) atoms. The summed E-state index contributed by atoms with van der Waals surface area (Å²) in [6.45, 7) is 1.77. The molecule has 0 saturated heterocycles. The van der Waals surface area contributed by atoms with E-state index in [1.807, 2.05) is 48.5 Å². The molecule has 1 heterocycles. The molecule has 96 valence electrons. The lowest BCUT2D eigenvalue weighted by atomic mass is 10.0. The minimum Gasteiger partial charge on any atom is -0.382 e. The first-order valence-corrected chi connectivity index (χ1v) is 6.23. The van der Waals surface area contributed by atoms with E-state index in [1.54, 1.807) is 6.92 Å². The Kier molecular flexibility index (Phi) is 2.81. The molecule has 0 aliphatic rings. The molecule has 0 unspecified atom stereocenters. The summed E-state index contributed by atoms with van der Waals surface area (Å²) in [4.78, 5) is 8.68. The lowest BCUT2D eigenvalue weighted by molar-refractivity contribution is 1.10. The summed E-state index contributed by atoms with van der Waals surface area (Å²) in [5, 5.41) is 11.2. The number of rotatable bonds is 1. The van der Waals surface area contributed by atoms with Gasteiger partial charge in [-0.25, -0.2) is 9.97 Å². The minimum absolute atomic E-state index is 0.225. The number of benzene rings is 2. The van der Waals surface area contributed by atoms with E-state index in [0.29, 0.717) is 17.1 Å². The zero-order valence-electron chi connectivity index (χ0n) is 11.0. The standard InChI is InChI=1S/C16H12N4/c1-10-14(9-17)15(18)20-16(19-10)13-8-4-6-11-5-2-3-7-12(11)13/h2-8H,1H3,(H2,18,19,20). The number of nitriles is 1. The Hall–Kier alpha value is -2.93. The highest BCUT2D eigenvalue weighted by Crippen LogP contribution is 2.27. The predicted molar refractivity (Wildman–Crippen MR) is 78.8 cm³/mol. The highest BCUT2D eigenvalue weighted by atomic mass is 15.0. The number of nitrogens with two attached hydrogens (primary N) is 1. The van der Waals surface area contributed by atoms with Crippen LogP contribution in [0.15, 0.2) is 42.5 Å². The van der Waals surface area contributed by atoms with Crippen molar-refractivity contribution in [2.45, 2.75) is 6.92 Å². The van der Waals surface area contributed by atoms with Crippen molar-refractivity contribution in [1.29, 1.82) is 5.26 Å². The summed E-state index contributed by atoms with van der Waals surface area (Å²) >= 11 is 0. The lowest BCUT2D eigenvalue weighted by Gasteiger charge is -2.08. The third-order valence-electron chi connectivity index (χ3n) is 3.26. The Bertz CT molecular complexity index is 818. The monoisotopic (exact) mass is 260 g/mol. The normalized spacial score (nSPS) is 10.4. The van der Waals surface area contributed by atoms with Crippen molar-refractivity contribution in [3.8, 4) is 17.5 Å². The first-order chi connectivity index (χ1) is 9.70. The van der Waals surface area contributed by atoms with Gasteiger partial charge in [-0.3, -0.25) is 0 Å². The number of aromatic nitrogens is 2. The molecule has 4 nitrogen and oxygen atoms in total. The molecule has 0 spiro atoms. The first-order valence-electron chi connectivity index (χ1n) is 6.23. The Morgan fingerprint density at radius 3 is 2.55 bits per heavy atom. The predicted octanol–water partition coefficient (Wildman–Crippen LogP) is 3.06. The van der Waals surface area contributed by atoms with Gasteiger partial charge >= 0.3 is 0 Å². The van der Waals surface area contributed by atoms with Crippen LogP contribution in [0.2, 0.25) is 0 Å². The van der Waals surface area contributed by atoms with Gasteiger partial charge in [-0.05, 0) is 17.7 Å². The molecule has 0 fully saturated rings. The van der Waals surface area contributed by atoms with E-state index in [4.69, 9.17) is 11.0 Å². The van der Waals surface area contributed by atoms with Crippen LogP contribution >= 0.6 is 0 Å². The second kappa shape index (κ2) is 4.63. The molecule has 2 aromatic carbocycles. The number of nitrogens with zero attached hydrogens (tertiary/aromatic N) is 3. The van der Waals surface area contributed by atoms with Crippen LogP contribution < -0.4 is 5.73 Å². The van der Waals surface area contributed by atoms with Gasteiger partial charge in [0.25, 0.3) is 0 Å². The molecule has 3 rings (SSSR count). The zero-order valence-corrected chi connectivity index (χ0v) is 11.0. The van der Waals surface area contributed by atoms with Gasteiger partial charge in [-0.1, -0.05) is 42.5 Å². The van der Waals surface area contributed by atoms with Crippen molar-refractivity contribution in [3.05, 3.63) is 53.7 Å². The smallest absolute Gasteiger partial charge is 0.162 e. The van der Waals surface area contributed by atoms with Gasteiger partial charge in [0.2, 0.25) is 0 Å². The van der Waals surface area contributed by atoms with Crippen LogP contribution in [0.25, 0.3) is 22.2 Å². The average Bonchev–Trinajstić information content (AvgIpc) is 2.46. The van der Waals surface area contributed by atoms with Crippen molar-refractivity contribution < 1.29 is 0 Å². The lowest BCUT2D eigenvalue weighted by Crippen LogP contribution is -2.03. The van der Waals surface area contributed by atoms with E-state index in [-0.39, 0.29) is 5.82 Å². The topological polar surface area (TPSA) is 75.6 Å². The molecule has 0 saturated carbocycles. The molecule has 2 N–H and O–H groups in total. The average molecular weight is 260 g/mol. The van der Waals surface area contributed by atoms with Gasteiger partial charge in [0, 0.05) is 5.56 Å². The number of aryl methyl sites for hydroxylation is 1. The number of fused-ring (bicyclic) bond motifs is 1. The molecule has 0 bridgehead atoms. The maximum Gasteiger partial charge on any atom is 0.162 e. The van der Waals surface area contributed by atoms with E-state index in [2.05, 4.69) is 9.97 Å². The second-order valence-electron chi connectivity index (χ2n) is 4.53. The summed E-state index contributed by atoms with van der Waals surface area (Å²) in [6.07, 6.45) is 0. The quantitative estimate of drug-likeness (QED) is 0.729. The Labute approximate surface area is 116 Å². The number of anilines is 1. The van der Waals surface area contributed by atoms with Crippen LogP contribution in [-0.2, 0) is 0 Å². The van der Waals surface area contributed by atoms with Gasteiger partial charge < -0.3 is 5.73 Å².